The number of rotatable bonds is 5. The molecule has 5 N–H and O–H groups in total. The molecule has 160 valence electrons. The smallest absolute Gasteiger partial charge is 0.411 e. The number of hydrogen-bond acceptors (Lipinski definition) is 8. The SMILES string of the molecule is COC(=O)Nc1c(N)nc(-c2cc(C3C=CSC3)n(Cc3ccccc3F)n2)nc1N. The molecule has 0 aliphatic carbocycles. The van der Waals surface area contributed by atoms with Crippen LogP contribution in [0.15, 0.2) is 41.8 Å². The number of nitrogen functional groups attached to an aromatic ring is 2. The number of benzene rings is 1. The van der Waals surface area contributed by atoms with Gasteiger partial charge in [0.2, 0.25) is 0 Å². The van der Waals surface area contributed by atoms with E-state index in [2.05, 4.69) is 31.2 Å². The summed E-state index contributed by atoms with van der Waals surface area (Å²) in [6.45, 7) is 0.254. The van der Waals surface area contributed by atoms with Crippen molar-refractivity contribution < 1.29 is 13.9 Å². The molecule has 11 heteroatoms. The number of ether oxygens (including phenoxy) is 1. The second kappa shape index (κ2) is 8.64. The third-order valence-electron chi connectivity index (χ3n) is 4.76. The van der Waals surface area contributed by atoms with Gasteiger partial charge in [0, 0.05) is 22.9 Å². The fraction of sp³-hybridized carbons (Fsp3) is 0.200. The Bertz CT molecular complexity index is 1140. The van der Waals surface area contributed by atoms with Gasteiger partial charge >= 0.3 is 6.09 Å². The summed E-state index contributed by atoms with van der Waals surface area (Å²) in [4.78, 5) is 20.0. The zero-order chi connectivity index (χ0) is 22.0. The van der Waals surface area contributed by atoms with E-state index in [-0.39, 0.29) is 41.4 Å². The van der Waals surface area contributed by atoms with E-state index in [0.29, 0.717) is 11.3 Å². The van der Waals surface area contributed by atoms with Gasteiger partial charge in [0.15, 0.2) is 17.5 Å². The highest BCUT2D eigenvalue weighted by Crippen LogP contribution is 2.33. The summed E-state index contributed by atoms with van der Waals surface area (Å²) >= 11 is 1.70. The molecular weight excluding hydrogens is 421 g/mol. The first-order chi connectivity index (χ1) is 15.0. The summed E-state index contributed by atoms with van der Waals surface area (Å²) < 4.78 is 20.5. The average Bonchev–Trinajstić information content (AvgIpc) is 3.42. The third kappa shape index (κ3) is 4.31. The van der Waals surface area contributed by atoms with Crippen molar-refractivity contribution in [3.63, 3.8) is 0 Å². The van der Waals surface area contributed by atoms with Crippen LogP contribution in [0.2, 0.25) is 0 Å². The Morgan fingerprint density at radius 3 is 2.71 bits per heavy atom. The molecule has 1 aliphatic rings. The molecule has 0 spiro atoms. The van der Waals surface area contributed by atoms with Gasteiger partial charge in [0.25, 0.3) is 0 Å². The van der Waals surface area contributed by atoms with Crippen LogP contribution in [0.3, 0.4) is 0 Å². The zero-order valence-electron chi connectivity index (χ0n) is 16.6. The number of carbonyl (C=O) groups excluding carboxylic acids is 1. The van der Waals surface area contributed by atoms with Gasteiger partial charge in [0.1, 0.15) is 17.2 Å². The first-order valence-corrected chi connectivity index (χ1v) is 10.4. The number of thioether (sulfide) groups is 1. The number of halogens is 1. The lowest BCUT2D eigenvalue weighted by atomic mass is 10.1. The number of amides is 1. The van der Waals surface area contributed by atoms with E-state index < -0.39 is 6.09 Å². The highest BCUT2D eigenvalue weighted by molar-refractivity contribution is 8.02. The maximum atomic E-state index is 14.2. The van der Waals surface area contributed by atoms with Crippen LogP contribution < -0.4 is 16.8 Å². The van der Waals surface area contributed by atoms with Gasteiger partial charge in [-0.25, -0.2) is 19.2 Å². The fourth-order valence-corrected chi connectivity index (χ4v) is 4.10. The molecule has 3 aromatic rings. The molecule has 1 atom stereocenters. The van der Waals surface area contributed by atoms with Gasteiger partial charge in [-0.1, -0.05) is 24.3 Å². The van der Waals surface area contributed by atoms with Crippen molar-refractivity contribution in [3.8, 4) is 11.5 Å². The van der Waals surface area contributed by atoms with Crippen molar-refractivity contribution in [1.82, 2.24) is 19.7 Å². The van der Waals surface area contributed by atoms with Crippen molar-refractivity contribution in [2.24, 2.45) is 0 Å². The summed E-state index contributed by atoms with van der Waals surface area (Å²) in [7, 11) is 1.22. The third-order valence-corrected chi connectivity index (χ3v) is 5.66. The van der Waals surface area contributed by atoms with Crippen LogP contribution in [0.4, 0.5) is 26.5 Å². The van der Waals surface area contributed by atoms with Crippen molar-refractivity contribution in [2.45, 2.75) is 12.5 Å². The van der Waals surface area contributed by atoms with Gasteiger partial charge in [-0.2, -0.15) is 5.10 Å². The second-order valence-corrected chi connectivity index (χ2v) is 7.72. The number of anilines is 3. The van der Waals surface area contributed by atoms with Crippen LogP contribution in [-0.4, -0.2) is 38.7 Å². The number of nitrogens with one attached hydrogen (secondary N) is 1. The van der Waals surface area contributed by atoms with Gasteiger partial charge in [-0.3, -0.25) is 10.00 Å². The number of nitrogens with two attached hydrogens (primary N) is 2. The summed E-state index contributed by atoms with van der Waals surface area (Å²) in [5.41, 5.74) is 13.9. The Morgan fingerprint density at radius 1 is 1.32 bits per heavy atom. The molecule has 1 aliphatic heterocycles. The van der Waals surface area contributed by atoms with Gasteiger partial charge in [-0.15, -0.1) is 11.8 Å². The number of aromatic nitrogens is 4. The molecule has 4 rings (SSSR count). The van der Waals surface area contributed by atoms with E-state index in [0.717, 1.165) is 11.4 Å². The molecule has 3 heterocycles. The molecular formula is C20H20FN7O2S. The Balaban J connectivity index is 1.73. The number of allylic oxidation sites excluding steroid dienone is 1. The molecule has 1 amide bonds. The van der Waals surface area contributed by atoms with Crippen LogP contribution in [0, 0.1) is 5.82 Å². The van der Waals surface area contributed by atoms with Gasteiger partial charge in [0.05, 0.1) is 13.7 Å². The molecule has 31 heavy (non-hydrogen) atoms. The van der Waals surface area contributed by atoms with Gasteiger partial charge < -0.3 is 16.2 Å². The Labute approximate surface area is 181 Å². The quantitative estimate of drug-likeness (QED) is 0.549. The minimum atomic E-state index is -0.739. The standard InChI is InChI=1S/C20H20FN7O2S/c1-30-20(29)24-16-17(22)25-19(26-18(16)23)14-8-15(12-6-7-31-10-12)28(27-14)9-11-4-2-3-5-13(11)21/h2-8,12H,9-10H2,1H3,(H,24,29)(H4,22,23,25,26). The number of hydrogen-bond donors (Lipinski definition) is 3. The van der Waals surface area contributed by atoms with Crippen LogP contribution in [0.1, 0.15) is 17.2 Å². The summed E-state index contributed by atoms with van der Waals surface area (Å²) in [5, 5.41) is 9.03. The van der Waals surface area contributed by atoms with Crippen molar-refractivity contribution in [1.29, 1.82) is 0 Å². The van der Waals surface area contributed by atoms with E-state index in [9.17, 15) is 9.18 Å². The lowest BCUT2D eigenvalue weighted by Crippen LogP contribution is -2.16. The minimum Gasteiger partial charge on any atom is -0.453 e. The molecule has 1 aromatic carbocycles. The molecule has 0 saturated carbocycles. The lowest BCUT2D eigenvalue weighted by molar-refractivity contribution is 0.187. The first-order valence-electron chi connectivity index (χ1n) is 9.34. The molecule has 0 saturated heterocycles. The van der Waals surface area contributed by atoms with Crippen molar-refractivity contribution >= 4 is 35.2 Å². The van der Waals surface area contributed by atoms with E-state index in [1.54, 1.807) is 34.6 Å². The number of methoxy groups -OCH3 is 1. The normalized spacial score (nSPS) is 15.2. The summed E-state index contributed by atoms with van der Waals surface area (Å²) in [6, 6.07) is 8.42. The molecule has 0 bridgehead atoms. The maximum Gasteiger partial charge on any atom is 0.411 e. The Hall–Kier alpha value is -3.60. The highest BCUT2D eigenvalue weighted by Gasteiger charge is 2.22. The zero-order valence-corrected chi connectivity index (χ0v) is 17.4. The number of nitrogens with zero attached hydrogens (tertiary/aromatic N) is 4. The van der Waals surface area contributed by atoms with Crippen LogP contribution >= 0.6 is 11.8 Å². The van der Waals surface area contributed by atoms with E-state index in [1.807, 2.05) is 11.5 Å². The molecule has 0 fully saturated rings. The largest absolute Gasteiger partial charge is 0.453 e. The monoisotopic (exact) mass is 441 g/mol. The average molecular weight is 441 g/mol. The van der Waals surface area contributed by atoms with Crippen molar-refractivity contribution in [3.05, 3.63) is 58.9 Å². The van der Waals surface area contributed by atoms with Crippen LogP contribution in [-0.2, 0) is 11.3 Å². The number of carbonyl (C=O) groups is 1. The highest BCUT2D eigenvalue weighted by atomic mass is 32.2. The maximum absolute atomic E-state index is 14.2. The Morgan fingerprint density at radius 2 is 2.06 bits per heavy atom. The predicted molar refractivity (Wildman–Crippen MR) is 118 cm³/mol. The van der Waals surface area contributed by atoms with E-state index in [1.165, 1.54) is 13.2 Å². The minimum absolute atomic E-state index is 0.0191. The fourth-order valence-electron chi connectivity index (χ4n) is 3.19. The van der Waals surface area contributed by atoms with Crippen LogP contribution in [0.25, 0.3) is 11.5 Å². The van der Waals surface area contributed by atoms with Gasteiger partial charge in [-0.05, 0) is 17.5 Å². The van der Waals surface area contributed by atoms with Crippen LogP contribution in [0.5, 0.6) is 0 Å². The van der Waals surface area contributed by atoms with E-state index >= 15 is 0 Å². The predicted octanol–water partition coefficient (Wildman–Crippen LogP) is 3.21. The molecule has 9 nitrogen and oxygen atoms in total. The topological polar surface area (TPSA) is 134 Å². The van der Waals surface area contributed by atoms with E-state index in [4.69, 9.17) is 11.5 Å². The second-order valence-electron chi connectivity index (χ2n) is 6.78. The lowest BCUT2D eigenvalue weighted by Gasteiger charge is -2.11. The molecule has 0 radical (unpaired) electrons. The van der Waals surface area contributed by atoms with Crippen molar-refractivity contribution in [2.75, 3.05) is 29.6 Å². The molecule has 2 aromatic heterocycles. The summed E-state index contributed by atoms with van der Waals surface area (Å²) in [6.07, 6.45) is 1.34. The Kier molecular flexibility index (Phi) is 5.76. The first kappa shape index (κ1) is 20.7. The molecule has 1 unspecified atom stereocenters. The summed E-state index contributed by atoms with van der Waals surface area (Å²) in [5.74, 6) is 0.838.